The van der Waals surface area contributed by atoms with Crippen molar-refractivity contribution in [1.82, 2.24) is 0 Å². The molecule has 1 heterocycles. The van der Waals surface area contributed by atoms with Gasteiger partial charge in [0.1, 0.15) is 5.69 Å². The van der Waals surface area contributed by atoms with Crippen LogP contribution in [0, 0.1) is 20.2 Å². The Bertz CT molecular complexity index is 628. The van der Waals surface area contributed by atoms with Gasteiger partial charge in [-0.1, -0.05) is 12.8 Å². The second-order valence-electron chi connectivity index (χ2n) is 6.29. The fourth-order valence-corrected chi connectivity index (χ4v) is 3.65. The first-order chi connectivity index (χ1) is 11.0. The standard InChI is InChI=1S/C15H19N3O5/c19-17(20)12-3-4-13(14(9-12)18(21)22)16-11-5-8-23-15(10-11)6-1-2-7-15/h3-4,9,11,16H,1-2,5-8,10H2. The van der Waals surface area contributed by atoms with E-state index in [1.165, 1.54) is 12.1 Å². The number of non-ortho nitro benzene ring substituents is 1. The van der Waals surface area contributed by atoms with Crippen LogP contribution >= 0.6 is 0 Å². The largest absolute Gasteiger partial charge is 0.377 e. The Labute approximate surface area is 133 Å². The molecule has 1 aliphatic heterocycles. The molecule has 8 nitrogen and oxygen atoms in total. The van der Waals surface area contributed by atoms with Gasteiger partial charge in [-0.05, 0) is 31.7 Å². The summed E-state index contributed by atoms with van der Waals surface area (Å²) in [5.74, 6) is 0. The Balaban J connectivity index is 1.79. The lowest BCUT2D eigenvalue weighted by atomic mass is 9.89. The molecule has 1 saturated heterocycles. The third-order valence-electron chi connectivity index (χ3n) is 4.76. The summed E-state index contributed by atoms with van der Waals surface area (Å²) in [6.07, 6.45) is 5.98. The highest BCUT2D eigenvalue weighted by Crippen LogP contribution is 2.41. The molecule has 1 spiro atoms. The maximum absolute atomic E-state index is 11.2. The van der Waals surface area contributed by atoms with Crippen molar-refractivity contribution in [2.75, 3.05) is 11.9 Å². The predicted molar refractivity (Wildman–Crippen MR) is 83.5 cm³/mol. The fraction of sp³-hybridized carbons (Fsp3) is 0.600. The van der Waals surface area contributed by atoms with Crippen LogP contribution < -0.4 is 5.32 Å². The first-order valence-electron chi connectivity index (χ1n) is 7.82. The zero-order valence-corrected chi connectivity index (χ0v) is 12.7. The minimum atomic E-state index is -0.626. The van der Waals surface area contributed by atoms with Crippen molar-refractivity contribution < 1.29 is 14.6 Å². The van der Waals surface area contributed by atoms with Gasteiger partial charge in [-0.3, -0.25) is 20.2 Å². The Kier molecular flexibility index (Phi) is 4.16. The van der Waals surface area contributed by atoms with Crippen LogP contribution in [0.2, 0.25) is 0 Å². The van der Waals surface area contributed by atoms with Crippen molar-refractivity contribution in [3.63, 3.8) is 0 Å². The monoisotopic (exact) mass is 321 g/mol. The zero-order valence-electron chi connectivity index (χ0n) is 12.7. The van der Waals surface area contributed by atoms with Gasteiger partial charge < -0.3 is 10.1 Å². The molecule has 0 amide bonds. The lowest BCUT2D eigenvalue weighted by Crippen LogP contribution is -2.42. The molecule has 2 aliphatic rings. The first kappa shape index (κ1) is 15.7. The molecule has 0 aromatic heterocycles. The van der Waals surface area contributed by atoms with Crippen molar-refractivity contribution in [2.45, 2.75) is 50.2 Å². The molecule has 8 heteroatoms. The third kappa shape index (κ3) is 3.26. The van der Waals surface area contributed by atoms with Crippen LogP contribution in [0.25, 0.3) is 0 Å². The van der Waals surface area contributed by atoms with E-state index in [-0.39, 0.29) is 23.0 Å². The summed E-state index contributed by atoms with van der Waals surface area (Å²) in [6, 6.07) is 3.81. The van der Waals surface area contributed by atoms with E-state index in [1.54, 1.807) is 0 Å². The maximum Gasteiger partial charge on any atom is 0.299 e. The predicted octanol–water partition coefficient (Wildman–Crippen LogP) is 3.41. The number of anilines is 1. The molecule has 0 radical (unpaired) electrons. The summed E-state index contributed by atoms with van der Waals surface area (Å²) >= 11 is 0. The summed E-state index contributed by atoms with van der Waals surface area (Å²) in [5, 5.41) is 25.2. The minimum absolute atomic E-state index is 0.0852. The molecular formula is C15H19N3O5. The van der Waals surface area contributed by atoms with Gasteiger partial charge in [0.05, 0.1) is 21.5 Å². The van der Waals surface area contributed by atoms with Gasteiger partial charge in [-0.25, -0.2) is 0 Å². The Hall–Kier alpha value is -2.22. The van der Waals surface area contributed by atoms with Crippen molar-refractivity contribution in [3.8, 4) is 0 Å². The molecule has 124 valence electrons. The first-order valence-corrected chi connectivity index (χ1v) is 7.82. The molecule has 23 heavy (non-hydrogen) atoms. The third-order valence-corrected chi connectivity index (χ3v) is 4.76. The van der Waals surface area contributed by atoms with E-state index >= 15 is 0 Å². The quantitative estimate of drug-likeness (QED) is 0.672. The molecule has 1 aliphatic carbocycles. The number of nitro groups is 2. The molecule has 1 unspecified atom stereocenters. The van der Waals surface area contributed by atoms with Gasteiger partial charge in [-0.2, -0.15) is 0 Å². The van der Waals surface area contributed by atoms with Crippen LogP contribution in [0.4, 0.5) is 17.1 Å². The van der Waals surface area contributed by atoms with Crippen LogP contribution in [0.3, 0.4) is 0 Å². The lowest BCUT2D eigenvalue weighted by Gasteiger charge is -2.38. The van der Waals surface area contributed by atoms with Gasteiger partial charge in [0, 0.05) is 18.7 Å². The number of hydrogen-bond donors (Lipinski definition) is 1. The summed E-state index contributed by atoms with van der Waals surface area (Å²) in [5.41, 5.74) is -0.292. The van der Waals surface area contributed by atoms with Crippen LogP contribution in [0.15, 0.2) is 18.2 Å². The lowest BCUT2D eigenvalue weighted by molar-refractivity contribution is -0.393. The second kappa shape index (κ2) is 6.11. The molecule has 1 aromatic rings. The number of nitro benzene ring substituents is 2. The average Bonchev–Trinajstić information content (AvgIpc) is 2.95. The number of benzene rings is 1. The Morgan fingerprint density at radius 1 is 1.17 bits per heavy atom. The summed E-state index contributed by atoms with van der Waals surface area (Å²) in [7, 11) is 0. The second-order valence-corrected chi connectivity index (χ2v) is 6.29. The van der Waals surface area contributed by atoms with Gasteiger partial charge in [-0.15, -0.1) is 0 Å². The number of nitrogens with zero attached hydrogens (tertiary/aromatic N) is 2. The molecule has 3 rings (SSSR count). The van der Waals surface area contributed by atoms with E-state index in [4.69, 9.17) is 4.74 Å². The topological polar surface area (TPSA) is 108 Å². The van der Waals surface area contributed by atoms with Crippen molar-refractivity contribution in [1.29, 1.82) is 0 Å². The van der Waals surface area contributed by atoms with Crippen molar-refractivity contribution in [2.24, 2.45) is 0 Å². The number of ether oxygens (including phenoxy) is 1. The van der Waals surface area contributed by atoms with Gasteiger partial charge in [0.15, 0.2) is 0 Å². The number of rotatable bonds is 4. The van der Waals surface area contributed by atoms with E-state index in [0.717, 1.165) is 44.6 Å². The van der Waals surface area contributed by atoms with E-state index in [1.807, 2.05) is 0 Å². The zero-order chi connectivity index (χ0) is 16.4. The average molecular weight is 321 g/mol. The maximum atomic E-state index is 11.2. The van der Waals surface area contributed by atoms with E-state index in [0.29, 0.717) is 12.3 Å². The molecule has 2 fully saturated rings. The van der Waals surface area contributed by atoms with Crippen molar-refractivity contribution >= 4 is 17.1 Å². The molecule has 1 aromatic carbocycles. The smallest absolute Gasteiger partial charge is 0.299 e. The summed E-state index contributed by atoms with van der Waals surface area (Å²) in [6.45, 7) is 0.637. The van der Waals surface area contributed by atoms with Crippen LogP contribution in [-0.4, -0.2) is 28.1 Å². The van der Waals surface area contributed by atoms with Crippen LogP contribution in [0.5, 0.6) is 0 Å². The van der Waals surface area contributed by atoms with E-state index in [2.05, 4.69) is 5.32 Å². The molecule has 1 N–H and O–H groups in total. The van der Waals surface area contributed by atoms with Crippen LogP contribution in [-0.2, 0) is 4.74 Å². The van der Waals surface area contributed by atoms with Gasteiger partial charge >= 0.3 is 0 Å². The number of hydrogen-bond acceptors (Lipinski definition) is 6. The SMILES string of the molecule is O=[N+]([O-])c1ccc(NC2CCOC3(CCCC3)C2)c([N+](=O)[O-])c1. The summed E-state index contributed by atoms with van der Waals surface area (Å²) in [4.78, 5) is 20.8. The van der Waals surface area contributed by atoms with E-state index < -0.39 is 9.85 Å². The van der Waals surface area contributed by atoms with Crippen LogP contribution in [0.1, 0.15) is 38.5 Å². The highest BCUT2D eigenvalue weighted by molar-refractivity contribution is 5.65. The molecule has 1 saturated carbocycles. The normalized spacial score (nSPS) is 22.9. The Morgan fingerprint density at radius 2 is 1.91 bits per heavy atom. The fourth-order valence-electron chi connectivity index (χ4n) is 3.65. The molecular weight excluding hydrogens is 302 g/mol. The number of nitrogens with one attached hydrogen (secondary N) is 1. The highest BCUT2D eigenvalue weighted by Gasteiger charge is 2.40. The molecule has 1 atom stereocenters. The van der Waals surface area contributed by atoms with E-state index in [9.17, 15) is 20.2 Å². The van der Waals surface area contributed by atoms with Crippen molar-refractivity contribution in [3.05, 3.63) is 38.4 Å². The van der Waals surface area contributed by atoms with Gasteiger partial charge in [0.2, 0.25) is 0 Å². The Morgan fingerprint density at radius 3 is 2.57 bits per heavy atom. The molecule has 0 bridgehead atoms. The minimum Gasteiger partial charge on any atom is -0.377 e. The summed E-state index contributed by atoms with van der Waals surface area (Å²) < 4.78 is 5.96. The van der Waals surface area contributed by atoms with Gasteiger partial charge in [0.25, 0.3) is 11.4 Å². The highest BCUT2D eigenvalue weighted by atomic mass is 16.6.